The van der Waals surface area contributed by atoms with Gasteiger partial charge < -0.3 is 39.2 Å². The molecule has 3 heterocycles. The molecule has 14 nitrogen and oxygen atoms in total. The van der Waals surface area contributed by atoms with Crippen molar-refractivity contribution in [3.05, 3.63) is 197 Å². The highest BCUT2D eigenvalue weighted by atomic mass is 16.6. The second-order valence-electron chi connectivity index (χ2n) is 17.0. The van der Waals surface area contributed by atoms with Crippen LogP contribution in [0.25, 0.3) is 0 Å². The molecule has 3 aliphatic rings. The SMILES string of the molecule is COCCOC(=O)N1C(=O)[C@@]2(c3cc(C#Cc4ccc(OC)cc4)ccc31)[C@H](C(=O)NC[C@H](O)c1ccccc1)[C@H]1C(=O)O[C@H](c3ccccc3)[C@H](c3ccccc3)N1[C@@H]2c1ccccc1OCCO. The number of rotatable bonds is 14. The van der Waals surface area contributed by atoms with Gasteiger partial charge in [-0.25, -0.2) is 9.69 Å². The van der Waals surface area contributed by atoms with Crippen molar-refractivity contribution < 1.29 is 53.1 Å². The van der Waals surface area contributed by atoms with Crippen LogP contribution in [0.3, 0.4) is 0 Å². The summed E-state index contributed by atoms with van der Waals surface area (Å²) >= 11 is 0. The number of morpholine rings is 1. The highest BCUT2D eigenvalue weighted by molar-refractivity contribution is 6.23. The van der Waals surface area contributed by atoms with Gasteiger partial charge in [-0.3, -0.25) is 19.3 Å². The lowest BCUT2D eigenvalue weighted by Crippen LogP contribution is -2.56. The number of aliphatic hydroxyl groups excluding tert-OH is 2. The summed E-state index contributed by atoms with van der Waals surface area (Å²) in [7, 11) is 3.02. The number of fused-ring (bicyclic) bond motifs is 3. The normalized spacial score (nSPS) is 21.7. The zero-order chi connectivity index (χ0) is 48.8. The molecule has 0 unspecified atom stereocenters. The first-order valence-electron chi connectivity index (χ1n) is 22.9. The number of hydrogen-bond donors (Lipinski definition) is 3. The zero-order valence-corrected chi connectivity index (χ0v) is 38.5. The van der Waals surface area contributed by atoms with E-state index in [1.54, 1.807) is 104 Å². The monoisotopic (exact) mass is 941 g/mol. The van der Waals surface area contributed by atoms with E-state index in [2.05, 4.69) is 17.2 Å². The molecule has 2 saturated heterocycles. The number of nitrogens with zero attached hydrogens (tertiary/aromatic N) is 2. The van der Waals surface area contributed by atoms with Crippen LogP contribution in [0.1, 0.15) is 63.2 Å². The van der Waals surface area contributed by atoms with Crippen LogP contribution < -0.4 is 19.7 Å². The molecule has 2 fully saturated rings. The van der Waals surface area contributed by atoms with Crippen molar-refractivity contribution >= 4 is 29.6 Å². The van der Waals surface area contributed by atoms with Gasteiger partial charge in [0, 0.05) is 30.3 Å². The van der Waals surface area contributed by atoms with Crippen LogP contribution in [0.4, 0.5) is 10.5 Å². The maximum atomic E-state index is 16.5. The van der Waals surface area contributed by atoms with Gasteiger partial charge in [0.2, 0.25) is 11.8 Å². The smallest absolute Gasteiger partial charge is 0.421 e. The number of nitrogens with one attached hydrogen (secondary N) is 1. The fraction of sp³-hybridized carbons (Fsp3) is 0.250. The van der Waals surface area contributed by atoms with E-state index in [0.29, 0.717) is 39.1 Å². The predicted molar refractivity (Wildman–Crippen MR) is 258 cm³/mol. The van der Waals surface area contributed by atoms with Gasteiger partial charge in [-0.2, -0.15) is 0 Å². The third kappa shape index (κ3) is 8.76. The van der Waals surface area contributed by atoms with Crippen molar-refractivity contribution in [2.24, 2.45) is 5.92 Å². The summed E-state index contributed by atoms with van der Waals surface area (Å²) in [6.45, 7) is -0.958. The maximum Gasteiger partial charge on any atom is 0.421 e. The van der Waals surface area contributed by atoms with E-state index < -0.39 is 65.5 Å². The Kier molecular flexibility index (Phi) is 14.1. The van der Waals surface area contributed by atoms with Crippen LogP contribution in [-0.2, 0) is 34.0 Å². The van der Waals surface area contributed by atoms with E-state index in [1.807, 2.05) is 65.6 Å². The Hall–Kier alpha value is -7.80. The first-order chi connectivity index (χ1) is 34.2. The molecule has 3 N–H and O–H groups in total. The molecule has 6 aromatic rings. The number of imide groups is 1. The van der Waals surface area contributed by atoms with E-state index in [1.165, 1.54) is 7.11 Å². The Morgan fingerprint density at radius 1 is 0.757 bits per heavy atom. The quantitative estimate of drug-likeness (QED) is 0.0596. The molecule has 356 valence electrons. The molecule has 0 saturated carbocycles. The number of para-hydroxylation sites is 1. The molecule has 9 rings (SSSR count). The van der Waals surface area contributed by atoms with Gasteiger partial charge in [0.15, 0.2) is 0 Å². The minimum absolute atomic E-state index is 0.0277. The summed E-state index contributed by atoms with van der Waals surface area (Å²) in [6, 6.07) is 42.8. The number of esters is 1. The molecular formula is C56H51N3O11. The first-order valence-corrected chi connectivity index (χ1v) is 22.9. The van der Waals surface area contributed by atoms with Crippen molar-refractivity contribution in [1.82, 2.24) is 10.2 Å². The van der Waals surface area contributed by atoms with E-state index in [0.717, 1.165) is 4.90 Å². The van der Waals surface area contributed by atoms with Gasteiger partial charge in [-0.05, 0) is 70.8 Å². The number of methoxy groups -OCH3 is 2. The molecule has 70 heavy (non-hydrogen) atoms. The number of anilines is 1. The number of benzene rings is 6. The van der Waals surface area contributed by atoms with Crippen molar-refractivity contribution in [3.63, 3.8) is 0 Å². The standard InChI is InChI=1S/C56H51N3O11/c1-66-32-33-69-55(65)58-44-29-26-37(23-22-36-24-27-41(67-2)28-25-36)34-43(44)56(54(58)64)47(52(62)57-35-45(61)38-14-6-3-7-15-38)49-53(63)70-50(40-18-10-5-11-19-40)48(39-16-8-4-9-17-39)59(49)51(56)42-20-12-13-21-46(42)68-31-30-60/h3-21,24-29,34,45,47-51,60-61H,30-33,35H2,1-2H3,(H,57,62)/t45-,47-,48-,49-,50+,51+,56-/m0/s1. The van der Waals surface area contributed by atoms with E-state index in [-0.39, 0.29) is 50.0 Å². The Balaban J connectivity index is 1.34. The predicted octanol–water partition coefficient (Wildman–Crippen LogP) is 6.76. The Labute approximate surface area is 405 Å². The molecule has 6 aromatic carbocycles. The number of carbonyl (C=O) groups is 4. The Bertz CT molecular complexity index is 2910. The van der Waals surface area contributed by atoms with Gasteiger partial charge in [0.05, 0.1) is 50.1 Å². The fourth-order valence-electron chi connectivity index (χ4n) is 10.1. The molecule has 1 spiro atoms. The van der Waals surface area contributed by atoms with E-state index in [9.17, 15) is 15.0 Å². The van der Waals surface area contributed by atoms with Crippen molar-refractivity contribution in [2.75, 3.05) is 52.1 Å². The van der Waals surface area contributed by atoms with E-state index in [4.69, 9.17) is 23.7 Å². The fourth-order valence-corrected chi connectivity index (χ4v) is 10.1. The van der Waals surface area contributed by atoms with Gasteiger partial charge in [0.25, 0.3) is 0 Å². The zero-order valence-electron chi connectivity index (χ0n) is 38.5. The maximum absolute atomic E-state index is 16.5. The summed E-state index contributed by atoms with van der Waals surface area (Å²) in [5.41, 5.74) is 1.48. The summed E-state index contributed by atoms with van der Waals surface area (Å²) in [4.78, 5) is 65.1. The van der Waals surface area contributed by atoms with Gasteiger partial charge >= 0.3 is 12.1 Å². The van der Waals surface area contributed by atoms with Gasteiger partial charge in [0.1, 0.15) is 42.3 Å². The molecule has 3 aliphatic heterocycles. The molecule has 3 amide bonds. The van der Waals surface area contributed by atoms with Gasteiger partial charge in [-0.1, -0.05) is 121 Å². The van der Waals surface area contributed by atoms with Crippen LogP contribution in [-0.4, -0.2) is 92.2 Å². The summed E-state index contributed by atoms with van der Waals surface area (Å²) in [5.74, 6) is 3.22. The van der Waals surface area contributed by atoms with Crippen LogP contribution >= 0.6 is 0 Å². The minimum Gasteiger partial charge on any atom is -0.497 e. The number of ether oxygens (including phenoxy) is 5. The van der Waals surface area contributed by atoms with Crippen molar-refractivity contribution in [1.29, 1.82) is 0 Å². The molecule has 0 radical (unpaired) electrons. The molecule has 0 bridgehead atoms. The van der Waals surface area contributed by atoms with Crippen molar-refractivity contribution in [2.45, 2.75) is 35.7 Å². The summed E-state index contributed by atoms with van der Waals surface area (Å²) in [5, 5.41) is 24.5. The summed E-state index contributed by atoms with van der Waals surface area (Å²) < 4.78 is 29.1. The molecule has 14 heteroatoms. The topological polar surface area (TPSA) is 173 Å². The lowest BCUT2D eigenvalue weighted by molar-refractivity contribution is -0.178. The van der Waals surface area contributed by atoms with Crippen LogP contribution in [0, 0.1) is 17.8 Å². The average molecular weight is 942 g/mol. The highest BCUT2D eigenvalue weighted by Gasteiger charge is 2.76. The number of cyclic esters (lactones) is 1. The Morgan fingerprint density at radius 3 is 2.09 bits per heavy atom. The van der Waals surface area contributed by atoms with Crippen molar-refractivity contribution in [3.8, 4) is 23.3 Å². The second kappa shape index (κ2) is 20.8. The van der Waals surface area contributed by atoms with Crippen LogP contribution in [0.15, 0.2) is 158 Å². The van der Waals surface area contributed by atoms with Crippen LogP contribution in [0.5, 0.6) is 11.5 Å². The molecule has 7 atom stereocenters. The third-order valence-corrected chi connectivity index (χ3v) is 13.1. The minimum atomic E-state index is -2.17. The molecule has 0 aromatic heterocycles. The first kappa shape index (κ1) is 47.3. The number of hydrogen-bond acceptors (Lipinski definition) is 12. The largest absolute Gasteiger partial charge is 0.497 e. The highest BCUT2D eigenvalue weighted by Crippen LogP contribution is 2.66. The molecule has 0 aliphatic carbocycles. The number of carbonyl (C=O) groups excluding carboxylic acids is 4. The molecular weight excluding hydrogens is 891 g/mol. The Morgan fingerprint density at radius 2 is 1.40 bits per heavy atom. The number of amides is 3. The second-order valence-corrected chi connectivity index (χ2v) is 17.0. The third-order valence-electron chi connectivity index (χ3n) is 13.1. The van der Waals surface area contributed by atoms with E-state index >= 15 is 14.4 Å². The van der Waals surface area contributed by atoms with Gasteiger partial charge in [-0.15, -0.1) is 0 Å². The lowest BCUT2D eigenvalue weighted by Gasteiger charge is -2.46. The van der Waals surface area contributed by atoms with Crippen LogP contribution in [0.2, 0.25) is 0 Å². The number of aliphatic hydroxyl groups is 2. The average Bonchev–Trinajstić information content (AvgIpc) is 3.86. The lowest BCUT2D eigenvalue weighted by atomic mass is 9.65. The summed E-state index contributed by atoms with van der Waals surface area (Å²) in [6.07, 6.45) is -3.20.